The second kappa shape index (κ2) is 4.81. The van der Waals surface area contributed by atoms with Gasteiger partial charge in [-0.15, -0.1) is 0 Å². The van der Waals surface area contributed by atoms with E-state index in [1.54, 1.807) is 24.3 Å². The van der Waals surface area contributed by atoms with Gasteiger partial charge < -0.3 is 11.5 Å². The Morgan fingerprint density at radius 1 is 0.750 bits per heavy atom. The highest BCUT2D eigenvalue weighted by molar-refractivity contribution is 5.92. The van der Waals surface area contributed by atoms with Crippen LogP contribution in [0.2, 0.25) is 0 Å². The van der Waals surface area contributed by atoms with Crippen LogP contribution >= 0.6 is 0 Å². The number of allylic oxidation sites excluding steroid dienone is 6. The first kappa shape index (κ1) is 14.4. The topological polar surface area (TPSA) is 86.2 Å². The Balaban J connectivity index is 2.29. The molecule has 0 radical (unpaired) electrons. The summed E-state index contributed by atoms with van der Waals surface area (Å²) >= 11 is 0. The molecule has 4 nitrogen and oxygen atoms in total. The number of rotatable bonds is 2. The Bertz CT molecular complexity index is 532. The number of nitrogens with two attached hydrogens (primary N) is 2. The van der Waals surface area contributed by atoms with E-state index in [4.69, 9.17) is 11.5 Å². The number of carbonyl (C=O) groups excluding carboxylic acids is 2. The molecule has 0 aromatic carbocycles. The molecule has 104 valence electrons. The number of Topliss-reactive ketones (excluding diaryl/α,β-unsaturated/α-hetero) is 2. The third kappa shape index (κ3) is 2.48. The van der Waals surface area contributed by atoms with Gasteiger partial charge in [0.2, 0.25) is 0 Å². The lowest BCUT2D eigenvalue weighted by Gasteiger charge is -2.24. The molecule has 0 saturated carbocycles. The van der Waals surface area contributed by atoms with Crippen molar-refractivity contribution in [2.75, 3.05) is 0 Å². The molecular formula is C16H18N2O2. The smallest absolute Gasteiger partial charge is 0.157 e. The molecule has 0 unspecified atom stereocenters. The van der Waals surface area contributed by atoms with Gasteiger partial charge in [0.1, 0.15) is 11.1 Å². The molecule has 0 spiro atoms. The molecule has 0 amide bonds. The first-order valence-electron chi connectivity index (χ1n) is 6.38. The predicted octanol–water partition coefficient (Wildman–Crippen LogP) is 1.11. The third-order valence-corrected chi connectivity index (χ3v) is 3.71. The summed E-state index contributed by atoms with van der Waals surface area (Å²) in [5, 5.41) is 0. The maximum Gasteiger partial charge on any atom is 0.157 e. The van der Waals surface area contributed by atoms with Crippen molar-refractivity contribution in [1.29, 1.82) is 0 Å². The van der Waals surface area contributed by atoms with E-state index in [0.717, 1.165) is 11.1 Å². The van der Waals surface area contributed by atoms with E-state index >= 15 is 0 Å². The quantitative estimate of drug-likeness (QED) is 0.787. The summed E-state index contributed by atoms with van der Waals surface area (Å²) in [5.74, 6) is -0.220. The zero-order valence-electron chi connectivity index (χ0n) is 11.6. The Morgan fingerprint density at radius 2 is 1.00 bits per heavy atom. The van der Waals surface area contributed by atoms with Crippen molar-refractivity contribution >= 4 is 11.6 Å². The molecule has 0 saturated heterocycles. The van der Waals surface area contributed by atoms with Crippen molar-refractivity contribution in [3.8, 4) is 0 Å². The minimum absolute atomic E-state index is 0.110. The van der Waals surface area contributed by atoms with Gasteiger partial charge in [-0.1, -0.05) is 48.6 Å². The van der Waals surface area contributed by atoms with E-state index in [2.05, 4.69) is 0 Å². The first-order chi connectivity index (χ1) is 9.27. The Labute approximate surface area is 118 Å². The molecule has 2 rings (SSSR count). The monoisotopic (exact) mass is 270 g/mol. The standard InChI is InChI=1S/C16H18N2O2/c1-11(19)15(17)7-3-13(4-8-15)14-5-9-16(18,10-6-14)12(2)20/h3-10H,17-18H2,1-2H3. The van der Waals surface area contributed by atoms with Crippen LogP contribution in [0.3, 0.4) is 0 Å². The average Bonchev–Trinajstić information content (AvgIpc) is 2.40. The van der Waals surface area contributed by atoms with Crippen molar-refractivity contribution in [2.24, 2.45) is 11.5 Å². The number of ketones is 2. The van der Waals surface area contributed by atoms with E-state index in [0.29, 0.717) is 0 Å². The van der Waals surface area contributed by atoms with Gasteiger partial charge in [0.05, 0.1) is 0 Å². The van der Waals surface area contributed by atoms with Gasteiger partial charge in [-0.3, -0.25) is 9.59 Å². The fourth-order valence-electron chi connectivity index (χ4n) is 1.99. The molecular weight excluding hydrogens is 252 g/mol. The van der Waals surface area contributed by atoms with Gasteiger partial charge in [0.25, 0.3) is 0 Å². The second-order valence-electron chi connectivity index (χ2n) is 5.22. The highest BCUT2D eigenvalue weighted by atomic mass is 16.1. The van der Waals surface area contributed by atoms with Crippen LogP contribution in [0.15, 0.2) is 59.8 Å². The number of carbonyl (C=O) groups is 2. The molecule has 0 aromatic heterocycles. The summed E-state index contributed by atoms with van der Waals surface area (Å²) < 4.78 is 0. The van der Waals surface area contributed by atoms with Gasteiger partial charge in [-0.2, -0.15) is 0 Å². The molecule has 0 heterocycles. The molecule has 0 atom stereocenters. The van der Waals surface area contributed by atoms with E-state index in [-0.39, 0.29) is 11.6 Å². The maximum atomic E-state index is 11.4. The lowest BCUT2D eigenvalue weighted by atomic mass is 9.85. The molecule has 2 aliphatic carbocycles. The Morgan fingerprint density at radius 3 is 1.20 bits per heavy atom. The summed E-state index contributed by atoms with van der Waals surface area (Å²) in [6.07, 6.45) is 13.9. The van der Waals surface area contributed by atoms with Gasteiger partial charge >= 0.3 is 0 Å². The zero-order valence-corrected chi connectivity index (χ0v) is 11.6. The minimum Gasteiger partial charge on any atom is -0.313 e. The lowest BCUT2D eigenvalue weighted by Crippen LogP contribution is -2.44. The average molecular weight is 270 g/mol. The van der Waals surface area contributed by atoms with Gasteiger partial charge in [0.15, 0.2) is 11.6 Å². The summed E-state index contributed by atoms with van der Waals surface area (Å²) in [6.45, 7) is 2.92. The van der Waals surface area contributed by atoms with Crippen molar-refractivity contribution in [3.63, 3.8) is 0 Å². The summed E-state index contributed by atoms with van der Waals surface area (Å²) in [4.78, 5) is 22.9. The molecule has 4 N–H and O–H groups in total. The van der Waals surface area contributed by atoms with E-state index < -0.39 is 11.1 Å². The zero-order chi connectivity index (χ0) is 15.0. The van der Waals surface area contributed by atoms with Crippen LogP contribution in [0, 0.1) is 0 Å². The van der Waals surface area contributed by atoms with E-state index in [1.165, 1.54) is 13.8 Å². The van der Waals surface area contributed by atoms with Gasteiger partial charge in [-0.05, 0) is 25.0 Å². The van der Waals surface area contributed by atoms with Crippen molar-refractivity contribution in [2.45, 2.75) is 24.9 Å². The Hall–Kier alpha value is -2.04. The van der Waals surface area contributed by atoms with Crippen molar-refractivity contribution < 1.29 is 9.59 Å². The maximum absolute atomic E-state index is 11.4. The van der Waals surface area contributed by atoms with Gasteiger partial charge in [0, 0.05) is 0 Å². The molecule has 0 fully saturated rings. The predicted molar refractivity (Wildman–Crippen MR) is 78.8 cm³/mol. The summed E-state index contributed by atoms with van der Waals surface area (Å²) in [5.41, 5.74) is 11.7. The van der Waals surface area contributed by atoms with Crippen LogP contribution in [0.4, 0.5) is 0 Å². The van der Waals surface area contributed by atoms with E-state index in [9.17, 15) is 9.59 Å². The highest BCUT2D eigenvalue weighted by Gasteiger charge is 2.28. The van der Waals surface area contributed by atoms with Crippen LogP contribution < -0.4 is 11.5 Å². The lowest BCUT2D eigenvalue weighted by molar-refractivity contribution is -0.120. The minimum atomic E-state index is -1.02. The van der Waals surface area contributed by atoms with Crippen LogP contribution in [0.1, 0.15) is 13.8 Å². The van der Waals surface area contributed by atoms with Crippen LogP contribution in [-0.2, 0) is 9.59 Å². The molecule has 0 bridgehead atoms. The van der Waals surface area contributed by atoms with Crippen LogP contribution in [0.5, 0.6) is 0 Å². The Kier molecular flexibility index (Phi) is 3.46. The largest absolute Gasteiger partial charge is 0.313 e. The normalized spacial score (nSPS) is 31.8. The van der Waals surface area contributed by atoms with Gasteiger partial charge in [-0.25, -0.2) is 0 Å². The van der Waals surface area contributed by atoms with Crippen LogP contribution in [-0.4, -0.2) is 22.6 Å². The highest BCUT2D eigenvalue weighted by Crippen LogP contribution is 2.24. The molecule has 0 aliphatic heterocycles. The number of hydrogen-bond acceptors (Lipinski definition) is 4. The molecule has 2 aliphatic rings. The molecule has 20 heavy (non-hydrogen) atoms. The van der Waals surface area contributed by atoms with Crippen molar-refractivity contribution in [3.05, 3.63) is 59.8 Å². The fraction of sp³-hybridized carbons (Fsp3) is 0.250. The second-order valence-corrected chi connectivity index (χ2v) is 5.22. The number of hydrogen-bond donors (Lipinski definition) is 2. The van der Waals surface area contributed by atoms with E-state index in [1.807, 2.05) is 24.3 Å². The first-order valence-corrected chi connectivity index (χ1v) is 6.38. The van der Waals surface area contributed by atoms with Crippen LogP contribution in [0.25, 0.3) is 0 Å². The summed E-state index contributed by atoms with van der Waals surface area (Å²) in [6, 6.07) is 0. The SMILES string of the molecule is CC(=O)C1(N)C=CC(=C2C=CC(N)(C(C)=O)C=C2)C=C1. The fourth-order valence-corrected chi connectivity index (χ4v) is 1.99. The summed E-state index contributed by atoms with van der Waals surface area (Å²) in [7, 11) is 0. The molecule has 0 aromatic rings. The van der Waals surface area contributed by atoms with Crippen molar-refractivity contribution in [1.82, 2.24) is 0 Å². The third-order valence-electron chi connectivity index (χ3n) is 3.71. The molecule has 4 heteroatoms.